The van der Waals surface area contributed by atoms with Crippen LogP contribution in [0, 0.1) is 17.0 Å². The molecule has 2 aromatic rings. The van der Waals surface area contributed by atoms with Crippen molar-refractivity contribution in [3.63, 3.8) is 0 Å². The van der Waals surface area contributed by atoms with Gasteiger partial charge in [0.15, 0.2) is 12.0 Å². The second kappa shape index (κ2) is 4.70. The minimum Gasteiger partial charge on any atom is -0.426 e. The van der Waals surface area contributed by atoms with Crippen molar-refractivity contribution in [2.75, 3.05) is 0 Å². The lowest BCUT2D eigenvalue weighted by molar-refractivity contribution is -0.385. The van der Waals surface area contributed by atoms with Crippen LogP contribution in [-0.4, -0.2) is 11.2 Å². The van der Waals surface area contributed by atoms with Gasteiger partial charge < -0.3 is 9.15 Å². The number of ether oxygens (including phenoxy) is 1. The monoisotopic (exact) mass is 247 g/mol. The third-order valence-corrected chi connectivity index (χ3v) is 2.30. The lowest BCUT2D eigenvalue weighted by Crippen LogP contribution is -1.92. The van der Waals surface area contributed by atoms with Crippen molar-refractivity contribution in [2.45, 2.75) is 6.92 Å². The van der Waals surface area contributed by atoms with Gasteiger partial charge in [0, 0.05) is 17.7 Å². The third-order valence-electron chi connectivity index (χ3n) is 2.30. The van der Waals surface area contributed by atoms with Crippen LogP contribution in [0.4, 0.5) is 5.69 Å². The van der Waals surface area contributed by atoms with Gasteiger partial charge in [0.05, 0.1) is 4.92 Å². The molecule has 2 rings (SSSR count). The number of hydrogen-bond donors (Lipinski definition) is 0. The third kappa shape index (κ3) is 2.37. The average molecular weight is 247 g/mol. The molecule has 1 aromatic carbocycles. The molecule has 0 unspecified atom stereocenters. The second-order valence-corrected chi connectivity index (χ2v) is 3.58. The van der Waals surface area contributed by atoms with Crippen molar-refractivity contribution >= 4 is 12.0 Å². The zero-order chi connectivity index (χ0) is 13.1. The molecule has 92 valence electrons. The Labute approximate surface area is 102 Å². The van der Waals surface area contributed by atoms with E-state index in [9.17, 15) is 14.9 Å². The molecule has 0 radical (unpaired) electrons. The van der Waals surface area contributed by atoms with E-state index in [0.717, 1.165) is 0 Å². The first kappa shape index (κ1) is 11.8. The number of carbonyl (C=O) groups is 1. The molecule has 0 saturated heterocycles. The number of nitrogens with zero attached hydrogens (tertiary/aromatic N) is 1. The van der Waals surface area contributed by atoms with E-state index < -0.39 is 4.92 Å². The van der Waals surface area contributed by atoms with Crippen molar-refractivity contribution < 1.29 is 18.9 Å². The molecule has 0 saturated carbocycles. The van der Waals surface area contributed by atoms with Crippen LogP contribution in [0.5, 0.6) is 11.7 Å². The van der Waals surface area contributed by atoms with Crippen LogP contribution in [0.3, 0.4) is 0 Å². The number of carbonyl (C=O) groups excluding carboxylic acids is 1. The van der Waals surface area contributed by atoms with E-state index in [-0.39, 0.29) is 17.4 Å². The quantitative estimate of drug-likeness (QED) is 0.471. The molecule has 0 aliphatic carbocycles. The van der Waals surface area contributed by atoms with Gasteiger partial charge in [-0.25, -0.2) is 0 Å². The van der Waals surface area contributed by atoms with Crippen LogP contribution in [0.15, 0.2) is 34.7 Å². The minimum absolute atomic E-state index is 0.0235. The molecule has 0 spiro atoms. The molecule has 1 aromatic heterocycles. The fraction of sp³-hybridized carbons (Fsp3) is 0.0833. The molecular formula is C12H9NO5. The van der Waals surface area contributed by atoms with Crippen LogP contribution < -0.4 is 4.74 Å². The molecule has 0 N–H and O–H groups in total. The second-order valence-electron chi connectivity index (χ2n) is 3.58. The van der Waals surface area contributed by atoms with Gasteiger partial charge >= 0.3 is 0 Å². The highest BCUT2D eigenvalue weighted by Crippen LogP contribution is 2.27. The summed E-state index contributed by atoms with van der Waals surface area (Å²) >= 11 is 0. The van der Waals surface area contributed by atoms with E-state index >= 15 is 0 Å². The molecule has 6 nitrogen and oxygen atoms in total. The van der Waals surface area contributed by atoms with Crippen LogP contribution in [0.2, 0.25) is 0 Å². The summed E-state index contributed by atoms with van der Waals surface area (Å²) in [7, 11) is 0. The number of nitro groups is 1. The zero-order valence-corrected chi connectivity index (χ0v) is 9.45. The van der Waals surface area contributed by atoms with Crippen molar-refractivity contribution in [3.8, 4) is 11.7 Å². The molecule has 0 amide bonds. The van der Waals surface area contributed by atoms with E-state index in [1.54, 1.807) is 6.92 Å². The molecule has 0 bridgehead atoms. The van der Waals surface area contributed by atoms with E-state index in [2.05, 4.69) is 0 Å². The van der Waals surface area contributed by atoms with Crippen molar-refractivity contribution in [1.29, 1.82) is 0 Å². The maximum atomic E-state index is 10.6. The number of aryl methyl sites for hydroxylation is 1. The Balaban J connectivity index is 2.22. The summed E-state index contributed by atoms with van der Waals surface area (Å²) < 4.78 is 10.4. The topological polar surface area (TPSA) is 82.6 Å². The van der Waals surface area contributed by atoms with E-state index in [1.807, 2.05) is 0 Å². The summed E-state index contributed by atoms with van der Waals surface area (Å²) in [6.45, 7) is 1.62. The summed E-state index contributed by atoms with van der Waals surface area (Å²) in [5.74, 6) is 0.721. The Morgan fingerprint density at radius 2 is 2.11 bits per heavy atom. The Hall–Kier alpha value is -2.63. The number of aldehydes is 1. The largest absolute Gasteiger partial charge is 0.426 e. The fourth-order valence-corrected chi connectivity index (χ4v) is 1.47. The highest BCUT2D eigenvalue weighted by molar-refractivity contribution is 5.70. The first-order valence-electron chi connectivity index (χ1n) is 5.08. The van der Waals surface area contributed by atoms with Crippen molar-refractivity contribution in [1.82, 2.24) is 0 Å². The molecule has 0 aliphatic rings. The molecular weight excluding hydrogens is 238 g/mol. The van der Waals surface area contributed by atoms with Crippen LogP contribution in [0.25, 0.3) is 0 Å². The summed E-state index contributed by atoms with van der Waals surface area (Å²) in [5, 5.41) is 10.6. The van der Waals surface area contributed by atoms with Crippen molar-refractivity contribution in [3.05, 3.63) is 51.8 Å². The maximum absolute atomic E-state index is 10.6. The number of nitro benzene ring substituents is 1. The van der Waals surface area contributed by atoms with Gasteiger partial charge in [-0.1, -0.05) is 0 Å². The highest BCUT2D eigenvalue weighted by Gasteiger charge is 2.11. The van der Waals surface area contributed by atoms with Gasteiger partial charge in [-0.3, -0.25) is 14.9 Å². The summed E-state index contributed by atoms with van der Waals surface area (Å²) in [4.78, 5) is 20.6. The van der Waals surface area contributed by atoms with E-state index in [1.165, 1.54) is 30.3 Å². The molecule has 0 fully saturated rings. The van der Waals surface area contributed by atoms with Gasteiger partial charge in [-0.05, 0) is 25.1 Å². The lowest BCUT2D eigenvalue weighted by atomic mass is 10.2. The summed E-state index contributed by atoms with van der Waals surface area (Å²) in [6.07, 6.45) is 0.563. The summed E-state index contributed by atoms with van der Waals surface area (Å²) in [5.41, 5.74) is 0.509. The average Bonchev–Trinajstić information content (AvgIpc) is 2.76. The Morgan fingerprint density at radius 1 is 1.33 bits per heavy atom. The molecule has 1 heterocycles. The number of benzene rings is 1. The number of rotatable bonds is 4. The van der Waals surface area contributed by atoms with Crippen LogP contribution >= 0.6 is 0 Å². The van der Waals surface area contributed by atoms with Gasteiger partial charge in [0.1, 0.15) is 5.75 Å². The Morgan fingerprint density at radius 3 is 2.67 bits per heavy atom. The number of hydrogen-bond acceptors (Lipinski definition) is 5. The highest BCUT2D eigenvalue weighted by atomic mass is 16.6. The Kier molecular flexibility index (Phi) is 3.09. The van der Waals surface area contributed by atoms with Gasteiger partial charge in [-0.2, -0.15) is 0 Å². The van der Waals surface area contributed by atoms with E-state index in [0.29, 0.717) is 17.6 Å². The SMILES string of the molecule is Cc1cc(Oc2ccc(C=O)o2)ccc1[N+](=O)[O-]. The first-order chi connectivity index (χ1) is 8.60. The van der Waals surface area contributed by atoms with Gasteiger partial charge in [-0.15, -0.1) is 0 Å². The predicted octanol–water partition coefficient (Wildman–Crippen LogP) is 3.10. The molecule has 0 atom stereocenters. The summed E-state index contributed by atoms with van der Waals surface area (Å²) in [6, 6.07) is 7.32. The maximum Gasteiger partial charge on any atom is 0.290 e. The molecule has 6 heteroatoms. The predicted molar refractivity (Wildman–Crippen MR) is 62.0 cm³/mol. The normalized spacial score (nSPS) is 10.1. The molecule has 0 aliphatic heterocycles. The smallest absolute Gasteiger partial charge is 0.290 e. The van der Waals surface area contributed by atoms with Crippen molar-refractivity contribution in [2.24, 2.45) is 0 Å². The van der Waals surface area contributed by atoms with Gasteiger partial charge in [0.2, 0.25) is 0 Å². The fourth-order valence-electron chi connectivity index (χ4n) is 1.47. The Bertz CT molecular complexity index is 602. The van der Waals surface area contributed by atoms with Crippen LogP contribution in [-0.2, 0) is 0 Å². The standard InChI is InChI=1S/C12H9NO5/c1-8-6-9(2-4-11(8)13(15)16)17-12-5-3-10(7-14)18-12/h2-7H,1H3. The number of furan rings is 1. The zero-order valence-electron chi connectivity index (χ0n) is 9.45. The minimum atomic E-state index is -0.462. The first-order valence-corrected chi connectivity index (χ1v) is 5.08. The molecule has 18 heavy (non-hydrogen) atoms. The van der Waals surface area contributed by atoms with Crippen LogP contribution in [0.1, 0.15) is 16.1 Å². The lowest BCUT2D eigenvalue weighted by Gasteiger charge is -2.03. The van der Waals surface area contributed by atoms with Gasteiger partial charge in [0.25, 0.3) is 11.6 Å². The van der Waals surface area contributed by atoms with E-state index in [4.69, 9.17) is 9.15 Å².